The predicted octanol–water partition coefficient (Wildman–Crippen LogP) is -0.715. The van der Waals surface area contributed by atoms with Crippen molar-refractivity contribution in [1.82, 2.24) is 25.4 Å². The highest BCUT2D eigenvalue weighted by Crippen LogP contribution is 2.22. The molecule has 1 saturated heterocycles. The van der Waals surface area contributed by atoms with Gasteiger partial charge in [-0.2, -0.15) is 10.3 Å². The second kappa shape index (κ2) is 3.13. The van der Waals surface area contributed by atoms with E-state index in [2.05, 4.69) is 30.3 Å². The van der Waals surface area contributed by atoms with Crippen LogP contribution in [0, 0.1) is 0 Å². The Balaban J connectivity index is 2.06. The lowest BCUT2D eigenvalue weighted by Gasteiger charge is -2.15. The number of anilines is 1. The maximum Gasteiger partial charge on any atom is 0.206 e. The molecule has 3 rings (SSSR count). The maximum atomic E-state index is 5.85. The van der Waals surface area contributed by atoms with Crippen LogP contribution in [0.3, 0.4) is 0 Å². The smallest absolute Gasteiger partial charge is 0.206 e. The van der Waals surface area contributed by atoms with Crippen molar-refractivity contribution in [2.45, 2.75) is 12.5 Å². The standard InChI is InChI=1S/C8H11N7/c9-5-1-2-15(3-5)8-6-7(10-4-11-8)13-14-12-6/h4-5H,1-3,9H2,(H,10,11,12,13,14). The van der Waals surface area contributed by atoms with Crippen LogP contribution in [0.5, 0.6) is 0 Å². The first-order valence-corrected chi connectivity index (χ1v) is 4.86. The SMILES string of the molecule is NC1CCN(c2ncnc3n[nH]nc23)C1. The Morgan fingerprint density at radius 2 is 2.33 bits per heavy atom. The van der Waals surface area contributed by atoms with Crippen LogP contribution in [-0.2, 0) is 0 Å². The van der Waals surface area contributed by atoms with Gasteiger partial charge in [0.25, 0.3) is 0 Å². The van der Waals surface area contributed by atoms with Crippen LogP contribution < -0.4 is 10.6 Å². The lowest BCUT2D eigenvalue weighted by Crippen LogP contribution is -2.27. The summed E-state index contributed by atoms with van der Waals surface area (Å²) in [7, 11) is 0. The highest BCUT2D eigenvalue weighted by atomic mass is 15.4. The van der Waals surface area contributed by atoms with E-state index in [0.29, 0.717) is 11.2 Å². The molecule has 78 valence electrons. The number of nitrogens with one attached hydrogen (secondary N) is 1. The van der Waals surface area contributed by atoms with E-state index in [0.717, 1.165) is 25.3 Å². The molecule has 3 N–H and O–H groups in total. The summed E-state index contributed by atoms with van der Waals surface area (Å²) in [6, 6.07) is 0.224. The van der Waals surface area contributed by atoms with E-state index < -0.39 is 0 Å². The monoisotopic (exact) mass is 205 g/mol. The lowest BCUT2D eigenvalue weighted by molar-refractivity contribution is 0.751. The summed E-state index contributed by atoms with van der Waals surface area (Å²) in [4.78, 5) is 10.4. The number of hydrogen-bond acceptors (Lipinski definition) is 6. The van der Waals surface area contributed by atoms with Crippen molar-refractivity contribution in [2.75, 3.05) is 18.0 Å². The van der Waals surface area contributed by atoms with Gasteiger partial charge in [0.2, 0.25) is 5.65 Å². The minimum absolute atomic E-state index is 0.224. The molecule has 3 heterocycles. The number of aromatic amines is 1. The van der Waals surface area contributed by atoms with E-state index in [4.69, 9.17) is 5.73 Å². The van der Waals surface area contributed by atoms with Crippen LogP contribution in [0.25, 0.3) is 11.2 Å². The third-order valence-corrected chi connectivity index (χ3v) is 2.63. The van der Waals surface area contributed by atoms with Gasteiger partial charge in [-0.05, 0) is 6.42 Å². The zero-order valence-corrected chi connectivity index (χ0v) is 8.09. The van der Waals surface area contributed by atoms with Crippen LogP contribution >= 0.6 is 0 Å². The number of hydrogen-bond donors (Lipinski definition) is 2. The summed E-state index contributed by atoms with van der Waals surface area (Å²) in [5.41, 5.74) is 7.17. The fourth-order valence-electron chi connectivity index (χ4n) is 1.88. The summed E-state index contributed by atoms with van der Waals surface area (Å²) in [5, 5.41) is 10.5. The van der Waals surface area contributed by atoms with Crippen LogP contribution in [0.15, 0.2) is 6.33 Å². The first-order valence-electron chi connectivity index (χ1n) is 4.86. The Hall–Kier alpha value is -1.76. The second-order valence-corrected chi connectivity index (χ2v) is 3.69. The van der Waals surface area contributed by atoms with Crippen molar-refractivity contribution in [3.8, 4) is 0 Å². The quantitative estimate of drug-likeness (QED) is 0.638. The Kier molecular flexibility index (Phi) is 1.78. The summed E-state index contributed by atoms with van der Waals surface area (Å²) in [5.74, 6) is 0.821. The highest BCUT2D eigenvalue weighted by Gasteiger charge is 2.23. The third kappa shape index (κ3) is 1.32. The van der Waals surface area contributed by atoms with Gasteiger partial charge in [-0.15, -0.1) is 5.10 Å². The van der Waals surface area contributed by atoms with Gasteiger partial charge in [0.05, 0.1) is 0 Å². The molecular weight excluding hydrogens is 194 g/mol. The van der Waals surface area contributed by atoms with Crippen molar-refractivity contribution in [2.24, 2.45) is 5.73 Å². The van der Waals surface area contributed by atoms with Gasteiger partial charge in [0, 0.05) is 19.1 Å². The van der Waals surface area contributed by atoms with Crippen LogP contribution in [-0.4, -0.2) is 44.5 Å². The van der Waals surface area contributed by atoms with Crippen molar-refractivity contribution in [1.29, 1.82) is 0 Å². The van der Waals surface area contributed by atoms with Gasteiger partial charge >= 0.3 is 0 Å². The van der Waals surface area contributed by atoms with E-state index in [1.54, 1.807) is 0 Å². The fourth-order valence-corrected chi connectivity index (χ4v) is 1.88. The molecule has 1 unspecified atom stereocenters. The van der Waals surface area contributed by atoms with Crippen LogP contribution in [0.1, 0.15) is 6.42 Å². The van der Waals surface area contributed by atoms with Gasteiger partial charge in [0.1, 0.15) is 6.33 Å². The van der Waals surface area contributed by atoms with Crippen molar-refractivity contribution in [3.63, 3.8) is 0 Å². The number of rotatable bonds is 1. The largest absolute Gasteiger partial charge is 0.353 e. The molecular formula is C8H11N7. The lowest BCUT2D eigenvalue weighted by atomic mass is 10.3. The summed E-state index contributed by atoms with van der Waals surface area (Å²) < 4.78 is 0. The Bertz CT molecular complexity index is 479. The molecule has 1 aliphatic heterocycles. The van der Waals surface area contributed by atoms with E-state index in [-0.39, 0.29) is 6.04 Å². The van der Waals surface area contributed by atoms with E-state index >= 15 is 0 Å². The number of nitrogens with two attached hydrogens (primary N) is 1. The molecule has 7 heteroatoms. The van der Waals surface area contributed by atoms with Gasteiger partial charge in [-0.3, -0.25) is 0 Å². The normalized spacial score (nSPS) is 21.4. The van der Waals surface area contributed by atoms with Gasteiger partial charge in [-0.1, -0.05) is 0 Å². The molecule has 0 aromatic carbocycles. The zero-order chi connectivity index (χ0) is 10.3. The first-order chi connectivity index (χ1) is 7.34. The molecule has 1 fully saturated rings. The fraction of sp³-hybridized carbons (Fsp3) is 0.500. The topological polar surface area (TPSA) is 96.6 Å². The molecule has 2 aromatic rings. The minimum Gasteiger partial charge on any atom is -0.353 e. The molecule has 0 spiro atoms. The molecule has 15 heavy (non-hydrogen) atoms. The number of H-pyrrole nitrogens is 1. The Morgan fingerprint density at radius 3 is 3.13 bits per heavy atom. The van der Waals surface area contributed by atoms with Crippen molar-refractivity contribution < 1.29 is 0 Å². The van der Waals surface area contributed by atoms with E-state index in [1.807, 2.05) is 0 Å². The Labute approximate surface area is 85.7 Å². The summed E-state index contributed by atoms with van der Waals surface area (Å²) >= 11 is 0. The van der Waals surface area contributed by atoms with Crippen LogP contribution in [0.2, 0.25) is 0 Å². The number of aromatic nitrogens is 5. The average molecular weight is 205 g/mol. The molecule has 1 atom stereocenters. The maximum absolute atomic E-state index is 5.85. The summed E-state index contributed by atoms with van der Waals surface area (Å²) in [6.07, 6.45) is 2.49. The zero-order valence-electron chi connectivity index (χ0n) is 8.09. The molecule has 0 saturated carbocycles. The molecule has 0 bridgehead atoms. The van der Waals surface area contributed by atoms with Crippen molar-refractivity contribution in [3.05, 3.63) is 6.33 Å². The Morgan fingerprint density at radius 1 is 1.40 bits per heavy atom. The average Bonchev–Trinajstić information content (AvgIpc) is 2.84. The number of fused-ring (bicyclic) bond motifs is 1. The molecule has 7 nitrogen and oxygen atoms in total. The van der Waals surface area contributed by atoms with Gasteiger partial charge in [0.15, 0.2) is 11.3 Å². The molecule has 0 radical (unpaired) electrons. The molecule has 0 amide bonds. The van der Waals surface area contributed by atoms with E-state index in [9.17, 15) is 0 Å². The molecule has 0 aliphatic carbocycles. The predicted molar refractivity (Wildman–Crippen MR) is 54.3 cm³/mol. The first kappa shape index (κ1) is 8.54. The van der Waals surface area contributed by atoms with Gasteiger partial charge in [-0.25, -0.2) is 9.97 Å². The van der Waals surface area contributed by atoms with E-state index in [1.165, 1.54) is 6.33 Å². The highest BCUT2D eigenvalue weighted by molar-refractivity contribution is 5.82. The van der Waals surface area contributed by atoms with Gasteiger partial charge < -0.3 is 10.6 Å². The molecule has 2 aromatic heterocycles. The minimum atomic E-state index is 0.224. The molecule has 1 aliphatic rings. The van der Waals surface area contributed by atoms with Crippen molar-refractivity contribution >= 4 is 17.0 Å². The van der Waals surface area contributed by atoms with Crippen LogP contribution in [0.4, 0.5) is 5.82 Å². The second-order valence-electron chi connectivity index (χ2n) is 3.69. The third-order valence-electron chi connectivity index (χ3n) is 2.63. The number of nitrogens with zero attached hydrogens (tertiary/aromatic N) is 5. The summed E-state index contributed by atoms with van der Waals surface area (Å²) in [6.45, 7) is 1.74.